The molecule has 7 heteroatoms. The van der Waals surface area contributed by atoms with Gasteiger partial charge in [-0.2, -0.15) is 0 Å². The van der Waals surface area contributed by atoms with Crippen LogP contribution in [0.3, 0.4) is 0 Å². The lowest BCUT2D eigenvalue weighted by Gasteiger charge is -2.16. The third-order valence-electron chi connectivity index (χ3n) is 4.27. The van der Waals surface area contributed by atoms with Crippen LogP contribution in [-0.2, 0) is 0 Å². The molecule has 0 spiro atoms. The molecule has 1 heterocycles. The van der Waals surface area contributed by atoms with Crippen molar-refractivity contribution in [3.8, 4) is 11.5 Å². The van der Waals surface area contributed by atoms with E-state index in [4.69, 9.17) is 16.0 Å². The molecule has 0 saturated carbocycles. The highest BCUT2D eigenvalue weighted by molar-refractivity contribution is 6.30. The predicted molar refractivity (Wildman–Crippen MR) is 107 cm³/mol. The maximum Gasteiger partial charge on any atom is 0.252 e. The Morgan fingerprint density at radius 3 is 2.45 bits per heavy atom. The summed E-state index contributed by atoms with van der Waals surface area (Å²) in [5.41, 5.74) is 1.74. The number of nitrogens with zero attached hydrogens (tertiary/aromatic N) is 2. The van der Waals surface area contributed by atoms with E-state index >= 15 is 0 Å². The largest absolute Gasteiger partial charge is 0.418 e. The Bertz CT molecular complexity index is 1130. The number of carbonyl (C=O) groups is 1. The van der Waals surface area contributed by atoms with Gasteiger partial charge >= 0.3 is 0 Å². The summed E-state index contributed by atoms with van der Waals surface area (Å²) >= 11 is 5.99. The molecule has 0 saturated heterocycles. The minimum Gasteiger partial charge on any atom is -0.418 e. The van der Waals surface area contributed by atoms with E-state index in [-0.39, 0.29) is 17.6 Å². The van der Waals surface area contributed by atoms with Crippen molar-refractivity contribution in [2.24, 2.45) is 0 Å². The minimum atomic E-state index is -0.757. The van der Waals surface area contributed by atoms with Crippen molar-refractivity contribution in [3.63, 3.8) is 0 Å². The number of benzene rings is 3. The number of carbonyl (C=O) groups excluding carboxylic acids is 1. The lowest BCUT2D eigenvalue weighted by molar-refractivity contribution is 0.0938. The first-order valence-electron chi connectivity index (χ1n) is 8.81. The molecule has 0 bridgehead atoms. The third-order valence-corrected chi connectivity index (χ3v) is 4.51. The zero-order valence-corrected chi connectivity index (χ0v) is 15.8. The van der Waals surface area contributed by atoms with Gasteiger partial charge in [0.25, 0.3) is 5.91 Å². The van der Waals surface area contributed by atoms with Gasteiger partial charge in [0.05, 0.1) is 0 Å². The highest BCUT2D eigenvalue weighted by atomic mass is 35.5. The van der Waals surface area contributed by atoms with E-state index in [2.05, 4.69) is 15.5 Å². The van der Waals surface area contributed by atoms with Gasteiger partial charge in [-0.25, -0.2) is 4.39 Å². The van der Waals surface area contributed by atoms with Crippen LogP contribution in [0.5, 0.6) is 0 Å². The van der Waals surface area contributed by atoms with E-state index in [9.17, 15) is 9.18 Å². The number of rotatable bonds is 5. The summed E-state index contributed by atoms with van der Waals surface area (Å²) in [5.74, 6) is -0.249. The Kier molecular flexibility index (Phi) is 5.35. The molecule has 1 unspecified atom stereocenters. The zero-order chi connectivity index (χ0) is 20.2. The molecule has 0 aliphatic carbocycles. The van der Waals surface area contributed by atoms with Crippen LogP contribution in [0, 0.1) is 5.82 Å². The topological polar surface area (TPSA) is 68.0 Å². The quantitative estimate of drug-likeness (QED) is 0.502. The SMILES string of the molecule is O=C(NC(c1ccc(F)cc1)c1nnc(-c2ccccc2)o1)c1cccc(Cl)c1. The highest BCUT2D eigenvalue weighted by Gasteiger charge is 2.24. The van der Waals surface area contributed by atoms with Crippen molar-refractivity contribution in [2.45, 2.75) is 6.04 Å². The lowest BCUT2D eigenvalue weighted by atomic mass is 10.1. The molecule has 1 atom stereocenters. The summed E-state index contributed by atoms with van der Waals surface area (Å²) in [4.78, 5) is 12.8. The number of halogens is 2. The molecule has 5 nitrogen and oxygen atoms in total. The van der Waals surface area contributed by atoms with Gasteiger partial charge < -0.3 is 9.73 Å². The summed E-state index contributed by atoms with van der Waals surface area (Å²) in [6.45, 7) is 0. The Balaban J connectivity index is 1.68. The average molecular weight is 408 g/mol. The van der Waals surface area contributed by atoms with Crippen LogP contribution < -0.4 is 5.32 Å². The van der Waals surface area contributed by atoms with E-state index in [0.29, 0.717) is 22.0 Å². The number of hydrogen-bond donors (Lipinski definition) is 1. The molecule has 4 rings (SSSR count). The van der Waals surface area contributed by atoms with Crippen molar-refractivity contribution in [1.82, 2.24) is 15.5 Å². The Labute approximate surface area is 171 Å². The van der Waals surface area contributed by atoms with E-state index < -0.39 is 6.04 Å². The van der Waals surface area contributed by atoms with Gasteiger partial charge in [0.2, 0.25) is 11.8 Å². The molecule has 0 aliphatic rings. The molecule has 29 heavy (non-hydrogen) atoms. The molecule has 0 aliphatic heterocycles. The van der Waals surface area contributed by atoms with Gasteiger partial charge in [-0.05, 0) is 48.0 Å². The van der Waals surface area contributed by atoms with E-state index in [0.717, 1.165) is 5.56 Å². The molecule has 1 aromatic heterocycles. The van der Waals surface area contributed by atoms with Gasteiger partial charge in [0.1, 0.15) is 11.9 Å². The van der Waals surface area contributed by atoms with Gasteiger partial charge in [-0.1, -0.05) is 48.0 Å². The van der Waals surface area contributed by atoms with Crippen LogP contribution in [0.15, 0.2) is 83.3 Å². The first-order valence-corrected chi connectivity index (χ1v) is 9.18. The number of hydrogen-bond acceptors (Lipinski definition) is 4. The van der Waals surface area contributed by atoms with E-state index in [1.54, 1.807) is 36.4 Å². The third kappa shape index (κ3) is 4.33. The number of amides is 1. The molecule has 4 aromatic rings. The standard InChI is InChI=1S/C22H15ClFN3O2/c23-17-8-4-7-16(13-17)20(28)25-19(14-9-11-18(24)12-10-14)22-27-26-21(29-22)15-5-2-1-3-6-15/h1-13,19H,(H,25,28). The van der Waals surface area contributed by atoms with Crippen molar-refractivity contribution in [2.75, 3.05) is 0 Å². The highest BCUT2D eigenvalue weighted by Crippen LogP contribution is 2.26. The molecule has 0 fully saturated rings. The molecule has 1 N–H and O–H groups in total. The summed E-state index contributed by atoms with van der Waals surface area (Å²) in [7, 11) is 0. The smallest absolute Gasteiger partial charge is 0.252 e. The van der Waals surface area contributed by atoms with Crippen LogP contribution in [0.25, 0.3) is 11.5 Å². The number of nitrogens with one attached hydrogen (secondary N) is 1. The van der Waals surface area contributed by atoms with Gasteiger partial charge in [0, 0.05) is 16.1 Å². The summed E-state index contributed by atoms with van der Waals surface area (Å²) < 4.78 is 19.2. The van der Waals surface area contributed by atoms with E-state index in [1.807, 2.05) is 30.3 Å². The zero-order valence-electron chi connectivity index (χ0n) is 15.0. The van der Waals surface area contributed by atoms with E-state index in [1.165, 1.54) is 12.1 Å². The first kappa shape index (κ1) is 18.8. The van der Waals surface area contributed by atoms with Crippen LogP contribution in [-0.4, -0.2) is 16.1 Å². The molecular weight excluding hydrogens is 393 g/mol. The first-order chi connectivity index (χ1) is 14.1. The summed E-state index contributed by atoms with van der Waals surface area (Å²) in [5, 5.41) is 11.5. The van der Waals surface area contributed by atoms with Gasteiger partial charge in [-0.15, -0.1) is 10.2 Å². The van der Waals surface area contributed by atoms with Gasteiger partial charge in [0.15, 0.2) is 0 Å². The van der Waals surface area contributed by atoms with Gasteiger partial charge in [-0.3, -0.25) is 4.79 Å². The fraction of sp³-hybridized carbons (Fsp3) is 0.0455. The average Bonchev–Trinajstić information content (AvgIpc) is 3.23. The fourth-order valence-corrected chi connectivity index (χ4v) is 3.03. The summed E-state index contributed by atoms with van der Waals surface area (Å²) in [6, 6.07) is 20.8. The molecular formula is C22H15ClFN3O2. The second-order valence-corrected chi connectivity index (χ2v) is 6.72. The van der Waals surface area contributed by atoms with Crippen LogP contribution in [0.1, 0.15) is 27.9 Å². The monoisotopic (exact) mass is 407 g/mol. The van der Waals surface area contributed by atoms with Crippen molar-refractivity contribution >= 4 is 17.5 Å². The normalized spacial score (nSPS) is 11.8. The number of aromatic nitrogens is 2. The Morgan fingerprint density at radius 1 is 0.966 bits per heavy atom. The lowest BCUT2D eigenvalue weighted by Crippen LogP contribution is -2.29. The molecule has 0 radical (unpaired) electrons. The Hall–Kier alpha value is -3.51. The fourth-order valence-electron chi connectivity index (χ4n) is 2.84. The maximum absolute atomic E-state index is 13.4. The predicted octanol–water partition coefficient (Wildman–Crippen LogP) is 5.05. The van der Waals surface area contributed by atoms with Crippen LogP contribution in [0.4, 0.5) is 4.39 Å². The van der Waals surface area contributed by atoms with Crippen LogP contribution >= 0.6 is 11.6 Å². The minimum absolute atomic E-state index is 0.186. The van der Waals surface area contributed by atoms with Crippen molar-refractivity contribution in [1.29, 1.82) is 0 Å². The maximum atomic E-state index is 13.4. The van der Waals surface area contributed by atoms with Crippen LogP contribution in [0.2, 0.25) is 5.02 Å². The second-order valence-electron chi connectivity index (χ2n) is 6.28. The second kappa shape index (κ2) is 8.24. The van der Waals surface area contributed by atoms with Crippen molar-refractivity contribution < 1.29 is 13.6 Å². The molecule has 3 aromatic carbocycles. The molecule has 1 amide bonds. The summed E-state index contributed by atoms with van der Waals surface area (Å²) in [6.07, 6.45) is 0. The van der Waals surface area contributed by atoms with Crippen molar-refractivity contribution in [3.05, 3.63) is 107 Å². The Morgan fingerprint density at radius 2 is 1.72 bits per heavy atom. The molecule has 144 valence electrons.